The van der Waals surface area contributed by atoms with Crippen LogP contribution in [0.2, 0.25) is 0 Å². The van der Waals surface area contributed by atoms with Gasteiger partial charge in [0.1, 0.15) is 5.60 Å². The number of carbonyl (C=O) groups excluding carboxylic acids is 1. The summed E-state index contributed by atoms with van der Waals surface area (Å²) < 4.78 is 5.37. The first kappa shape index (κ1) is 25.1. The molecule has 0 saturated carbocycles. The smallest absolute Gasteiger partial charge is 0.410 e. The summed E-state index contributed by atoms with van der Waals surface area (Å²) in [5.41, 5.74) is 0.887. The van der Waals surface area contributed by atoms with Gasteiger partial charge in [-0.3, -0.25) is 10.1 Å². The number of allylic oxidation sites excluding steroid dienone is 5. The van der Waals surface area contributed by atoms with E-state index in [0.717, 1.165) is 26.4 Å². The summed E-state index contributed by atoms with van der Waals surface area (Å²) in [7, 11) is 0.889. The van der Waals surface area contributed by atoms with Crippen LogP contribution in [0.25, 0.3) is 0 Å². The molecule has 0 N–H and O–H groups in total. The van der Waals surface area contributed by atoms with Gasteiger partial charge in [0.05, 0.1) is 0 Å². The van der Waals surface area contributed by atoms with Crippen LogP contribution in [0.3, 0.4) is 0 Å². The van der Waals surface area contributed by atoms with Gasteiger partial charge in [0, 0.05) is 18.0 Å². The third-order valence-corrected chi connectivity index (χ3v) is 2.83. The van der Waals surface area contributed by atoms with E-state index in [1.807, 2.05) is 59.8 Å². The topological polar surface area (TPSA) is 72.7 Å². The lowest BCUT2D eigenvalue weighted by atomic mass is 10.1. The molecule has 0 fully saturated rings. The van der Waals surface area contributed by atoms with Gasteiger partial charge in [0.2, 0.25) is 0 Å². The van der Waals surface area contributed by atoms with E-state index in [1.165, 1.54) is 5.57 Å². The summed E-state index contributed by atoms with van der Waals surface area (Å²) in [4.78, 5) is 22.0. The highest BCUT2D eigenvalue weighted by Crippen LogP contribution is 2.16. The predicted molar refractivity (Wildman–Crippen MR) is 103 cm³/mol. The molecular formula is C19H34N2O4. The summed E-state index contributed by atoms with van der Waals surface area (Å²) in [6, 6.07) is 0. The second-order valence-electron chi connectivity index (χ2n) is 6.42. The second-order valence-corrected chi connectivity index (χ2v) is 6.42. The molecule has 0 aromatic carbocycles. The first-order valence-electron chi connectivity index (χ1n) is 8.52. The number of rotatable bonds is 1. The van der Waals surface area contributed by atoms with Gasteiger partial charge in [0.25, 0.3) is 0 Å². The van der Waals surface area contributed by atoms with E-state index in [9.17, 15) is 4.79 Å². The van der Waals surface area contributed by atoms with Gasteiger partial charge < -0.3 is 9.64 Å². The Morgan fingerprint density at radius 3 is 2.16 bits per heavy atom. The Hall–Kier alpha value is -2.11. The van der Waals surface area contributed by atoms with Crippen molar-refractivity contribution < 1.29 is 14.5 Å². The normalized spacial score (nSPS) is 14.7. The molecule has 1 aliphatic rings. The summed E-state index contributed by atoms with van der Waals surface area (Å²) in [5.74, 6) is 0. The van der Waals surface area contributed by atoms with Crippen LogP contribution >= 0.6 is 0 Å². The maximum Gasteiger partial charge on any atom is 0.410 e. The van der Waals surface area contributed by atoms with Crippen LogP contribution in [0.1, 0.15) is 54.4 Å². The van der Waals surface area contributed by atoms with Crippen molar-refractivity contribution in [3.8, 4) is 0 Å². The Kier molecular flexibility index (Phi) is 14.3. The van der Waals surface area contributed by atoms with Gasteiger partial charge in [-0.05, 0) is 54.4 Å². The monoisotopic (exact) mass is 354 g/mol. The highest BCUT2D eigenvalue weighted by atomic mass is 16.6. The van der Waals surface area contributed by atoms with Gasteiger partial charge >= 0.3 is 6.09 Å². The lowest BCUT2D eigenvalue weighted by Gasteiger charge is -2.25. The molecular weight excluding hydrogens is 320 g/mol. The zero-order valence-electron chi connectivity index (χ0n) is 16.7. The Labute approximate surface area is 152 Å². The Morgan fingerprint density at radius 2 is 1.76 bits per heavy atom. The SMILES string of the molecule is C/C=C/C1=CCN(C(=O)OC(C)(C)C)CCC1.C/C=C\C.C[N+](=O)[O-]. The predicted octanol–water partition coefficient (Wildman–Crippen LogP) is 5.00. The average molecular weight is 354 g/mol. The fourth-order valence-corrected chi connectivity index (χ4v) is 1.75. The number of nitrogens with zero attached hydrogens (tertiary/aromatic N) is 2. The minimum atomic E-state index is -0.500. The highest BCUT2D eigenvalue weighted by molar-refractivity contribution is 5.68. The minimum Gasteiger partial charge on any atom is -0.444 e. The van der Waals surface area contributed by atoms with Crippen molar-refractivity contribution in [3.05, 3.63) is 46.1 Å². The highest BCUT2D eigenvalue weighted by Gasteiger charge is 2.22. The van der Waals surface area contributed by atoms with Crippen molar-refractivity contribution >= 4 is 6.09 Å². The number of hydrogen-bond donors (Lipinski definition) is 0. The van der Waals surface area contributed by atoms with Crippen molar-refractivity contribution in [2.75, 3.05) is 20.1 Å². The van der Waals surface area contributed by atoms with Gasteiger partial charge in [-0.1, -0.05) is 36.0 Å². The first-order chi connectivity index (χ1) is 11.6. The quantitative estimate of drug-likeness (QED) is 0.377. The Balaban J connectivity index is 0. The maximum absolute atomic E-state index is 11.9. The van der Waals surface area contributed by atoms with Crippen LogP contribution in [0.4, 0.5) is 4.79 Å². The van der Waals surface area contributed by atoms with Crippen molar-refractivity contribution in [1.82, 2.24) is 4.90 Å². The standard InChI is InChI=1S/C14H23NO2.C4H8.CH3NO2/c1-5-7-12-8-6-10-15(11-9-12)13(16)17-14(2,3)4;1-3-4-2;1-2(3)4/h5,7,9H,6,8,10-11H2,1-4H3;3-4H,1-2H3;1H3/b7-5+;4-3-;. The van der Waals surface area contributed by atoms with Gasteiger partial charge in [-0.25, -0.2) is 4.79 Å². The van der Waals surface area contributed by atoms with Crippen molar-refractivity contribution in [3.63, 3.8) is 0 Å². The number of amides is 1. The van der Waals surface area contributed by atoms with E-state index < -0.39 is 10.5 Å². The third kappa shape index (κ3) is 18.1. The van der Waals surface area contributed by atoms with Crippen LogP contribution < -0.4 is 0 Å². The fraction of sp³-hybridized carbons (Fsp3) is 0.632. The van der Waals surface area contributed by atoms with E-state index >= 15 is 0 Å². The summed E-state index contributed by atoms with van der Waals surface area (Å²) in [6.45, 7) is 13.1. The van der Waals surface area contributed by atoms with Crippen LogP contribution in [-0.4, -0.2) is 41.7 Å². The minimum absolute atomic E-state index is 0.213. The van der Waals surface area contributed by atoms with E-state index in [4.69, 9.17) is 14.9 Å². The van der Waals surface area contributed by atoms with Crippen LogP contribution in [0.5, 0.6) is 0 Å². The van der Waals surface area contributed by atoms with Gasteiger partial charge in [0.15, 0.2) is 7.05 Å². The Morgan fingerprint density at radius 1 is 1.24 bits per heavy atom. The molecule has 1 amide bonds. The fourth-order valence-electron chi connectivity index (χ4n) is 1.75. The number of nitro groups is 1. The molecule has 25 heavy (non-hydrogen) atoms. The average Bonchev–Trinajstić information content (AvgIpc) is 2.71. The summed E-state index contributed by atoms with van der Waals surface area (Å²) >= 11 is 0. The van der Waals surface area contributed by atoms with Crippen molar-refractivity contribution in [2.24, 2.45) is 0 Å². The first-order valence-corrected chi connectivity index (χ1v) is 8.52. The van der Waals surface area contributed by atoms with Crippen molar-refractivity contribution in [2.45, 2.75) is 60.0 Å². The molecule has 1 rings (SSSR count). The van der Waals surface area contributed by atoms with Gasteiger partial charge in [-0.15, -0.1) is 0 Å². The lowest BCUT2D eigenvalue weighted by molar-refractivity contribution is -0.445. The van der Waals surface area contributed by atoms with Crippen molar-refractivity contribution in [1.29, 1.82) is 0 Å². The third-order valence-electron chi connectivity index (χ3n) is 2.83. The molecule has 0 aliphatic carbocycles. The molecule has 0 spiro atoms. The van der Waals surface area contributed by atoms with E-state index in [2.05, 4.69) is 12.2 Å². The molecule has 0 atom stereocenters. The second kappa shape index (κ2) is 14.3. The molecule has 0 aromatic rings. The molecule has 6 heteroatoms. The maximum atomic E-state index is 11.9. The van der Waals surface area contributed by atoms with E-state index in [1.54, 1.807) is 4.90 Å². The van der Waals surface area contributed by atoms with Crippen LogP contribution in [0.15, 0.2) is 36.0 Å². The van der Waals surface area contributed by atoms with Gasteiger partial charge in [-0.2, -0.15) is 0 Å². The van der Waals surface area contributed by atoms with E-state index in [-0.39, 0.29) is 6.09 Å². The molecule has 144 valence electrons. The molecule has 1 aliphatic heterocycles. The zero-order valence-corrected chi connectivity index (χ0v) is 16.7. The molecule has 0 aromatic heterocycles. The summed E-state index contributed by atoms with van der Waals surface area (Å²) in [5, 5.41) is 8.81. The van der Waals surface area contributed by atoms with Crippen LogP contribution in [-0.2, 0) is 4.74 Å². The number of hydrogen-bond acceptors (Lipinski definition) is 4. The van der Waals surface area contributed by atoms with E-state index in [0.29, 0.717) is 6.54 Å². The molecule has 6 nitrogen and oxygen atoms in total. The molecule has 0 radical (unpaired) electrons. The zero-order chi connectivity index (χ0) is 19.9. The summed E-state index contributed by atoms with van der Waals surface area (Å²) in [6.07, 6.45) is 12.1. The molecule has 0 saturated heterocycles. The Bertz CT molecular complexity index is 466. The molecule has 1 heterocycles. The molecule has 0 unspecified atom stereocenters. The number of carbonyl (C=O) groups is 1. The lowest BCUT2D eigenvalue weighted by Crippen LogP contribution is -2.37. The number of ether oxygens (including phenoxy) is 1. The van der Waals surface area contributed by atoms with Crippen LogP contribution in [0, 0.1) is 10.1 Å². The molecule has 0 bridgehead atoms. The largest absolute Gasteiger partial charge is 0.444 e.